The van der Waals surface area contributed by atoms with Crippen LogP contribution in [0.25, 0.3) is 0 Å². The Kier molecular flexibility index (Phi) is 9.15. The van der Waals surface area contributed by atoms with Gasteiger partial charge in [0.1, 0.15) is 0 Å². The second kappa shape index (κ2) is 9.09. The van der Waals surface area contributed by atoms with Crippen molar-refractivity contribution in [2.75, 3.05) is 32.5 Å². The van der Waals surface area contributed by atoms with Gasteiger partial charge in [0.2, 0.25) is 10.0 Å². The number of ether oxygens (including phenoxy) is 1. The SMILES string of the molecule is COC(C)CS(=O)(=O)NCCC1CCCNC1.Cl. The van der Waals surface area contributed by atoms with Crippen molar-refractivity contribution in [2.45, 2.75) is 32.3 Å². The highest BCUT2D eigenvalue weighted by Gasteiger charge is 2.17. The Morgan fingerprint density at radius 2 is 2.22 bits per heavy atom. The maximum atomic E-state index is 11.6. The summed E-state index contributed by atoms with van der Waals surface area (Å²) in [5, 5.41) is 3.33. The van der Waals surface area contributed by atoms with Gasteiger partial charge in [-0.2, -0.15) is 0 Å². The van der Waals surface area contributed by atoms with Crippen molar-refractivity contribution in [1.29, 1.82) is 0 Å². The third-order valence-corrected chi connectivity index (χ3v) is 4.68. The molecule has 0 aromatic carbocycles. The van der Waals surface area contributed by atoms with Gasteiger partial charge in [-0.05, 0) is 45.2 Å². The monoisotopic (exact) mass is 300 g/mol. The Hall–Kier alpha value is 0.120. The van der Waals surface area contributed by atoms with Crippen LogP contribution in [-0.4, -0.2) is 47.0 Å². The van der Waals surface area contributed by atoms with Gasteiger partial charge < -0.3 is 10.1 Å². The lowest BCUT2D eigenvalue weighted by molar-refractivity contribution is 0.136. The molecular formula is C11H25ClN2O3S. The number of nitrogens with one attached hydrogen (secondary N) is 2. The van der Waals surface area contributed by atoms with E-state index in [2.05, 4.69) is 10.0 Å². The van der Waals surface area contributed by atoms with Gasteiger partial charge in [0.15, 0.2) is 0 Å². The first-order valence-electron chi connectivity index (χ1n) is 6.24. The normalized spacial score (nSPS) is 22.2. The van der Waals surface area contributed by atoms with Crippen LogP contribution in [0.2, 0.25) is 0 Å². The topological polar surface area (TPSA) is 67.4 Å². The van der Waals surface area contributed by atoms with E-state index in [1.54, 1.807) is 6.92 Å². The number of hydrogen-bond acceptors (Lipinski definition) is 4. The van der Waals surface area contributed by atoms with Crippen LogP contribution in [-0.2, 0) is 14.8 Å². The molecule has 0 aromatic rings. The molecule has 1 saturated heterocycles. The van der Waals surface area contributed by atoms with Gasteiger partial charge in [0.05, 0.1) is 11.9 Å². The van der Waals surface area contributed by atoms with Gasteiger partial charge in [-0.25, -0.2) is 13.1 Å². The maximum Gasteiger partial charge on any atom is 0.214 e. The molecule has 1 aliphatic heterocycles. The number of rotatable bonds is 7. The summed E-state index contributed by atoms with van der Waals surface area (Å²) in [7, 11) is -1.67. The number of sulfonamides is 1. The minimum absolute atomic E-state index is 0. The molecule has 0 aromatic heterocycles. The summed E-state index contributed by atoms with van der Waals surface area (Å²) in [6.45, 7) is 4.39. The predicted octanol–water partition coefficient (Wildman–Crippen LogP) is 0.752. The van der Waals surface area contributed by atoms with Crippen LogP contribution in [0.5, 0.6) is 0 Å². The van der Waals surface area contributed by atoms with Gasteiger partial charge in [0.25, 0.3) is 0 Å². The van der Waals surface area contributed by atoms with E-state index in [1.165, 1.54) is 20.0 Å². The predicted molar refractivity (Wildman–Crippen MR) is 75.7 cm³/mol. The molecule has 1 fully saturated rings. The summed E-state index contributed by atoms with van der Waals surface area (Å²) < 4.78 is 30.9. The van der Waals surface area contributed by atoms with E-state index in [4.69, 9.17) is 4.74 Å². The Labute approximate surface area is 117 Å². The lowest BCUT2D eigenvalue weighted by Crippen LogP contribution is -2.35. The fourth-order valence-electron chi connectivity index (χ4n) is 2.02. The molecule has 0 saturated carbocycles. The molecule has 0 radical (unpaired) electrons. The van der Waals surface area contributed by atoms with Crippen LogP contribution >= 0.6 is 12.4 Å². The van der Waals surface area contributed by atoms with Gasteiger partial charge >= 0.3 is 0 Å². The quantitative estimate of drug-likeness (QED) is 0.728. The molecular weight excluding hydrogens is 276 g/mol. The zero-order valence-corrected chi connectivity index (χ0v) is 12.8. The summed E-state index contributed by atoms with van der Waals surface area (Å²) >= 11 is 0. The highest BCUT2D eigenvalue weighted by atomic mass is 35.5. The van der Waals surface area contributed by atoms with E-state index in [0.717, 1.165) is 19.5 Å². The van der Waals surface area contributed by atoms with Crippen molar-refractivity contribution in [1.82, 2.24) is 10.0 Å². The molecule has 2 unspecified atom stereocenters. The molecule has 110 valence electrons. The van der Waals surface area contributed by atoms with Crippen LogP contribution in [0.4, 0.5) is 0 Å². The van der Waals surface area contributed by atoms with Crippen molar-refractivity contribution in [3.05, 3.63) is 0 Å². The van der Waals surface area contributed by atoms with Crippen molar-refractivity contribution < 1.29 is 13.2 Å². The highest BCUT2D eigenvalue weighted by Crippen LogP contribution is 2.13. The highest BCUT2D eigenvalue weighted by molar-refractivity contribution is 7.89. The number of hydrogen-bond donors (Lipinski definition) is 2. The average Bonchev–Trinajstić information content (AvgIpc) is 2.29. The smallest absolute Gasteiger partial charge is 0.214 e. The summed E-state index contributed by atoms with van der Waals surface area (Å²) in [5.41, 5.74) is 0. The Bertz CT molecular complexity index is 305. The minimum atomic E-state index is -3.19. The lowest BCUT2D eigenvalue weighted by atomic mass is 9.96. The molecule has 2 atom stereocenters. The molecule has 0 amide bonds. The fraction of sp³-hybridized carbons (Fsp3) is 1.00. The molecule has 18 heavy (non-hydrogen) atoms. The first-order valence-corrected chi connectivity index (χ1v) is 7.89. The van der Waals surface area contributed by atoms with Crippen molar-refractivity contribution in [3.8, 4) is 0 Å². The third kappa shape index (κ3) is 7.53. The molecule has 0 spiro atoms. The van der Waals surface area contributed by atoms with E-state index in [-0.39, 0.29) is 24.3 Å². The summed E-state index contributed by atoms with van der Waals surface area (Å²) in [5.74, 6) is 0.637. The Morgan fingerprint density at radius 3 is 2.78 bits per heavy atom. The number of piperidine rings is 1. The molecule has 5 nitrogen and oxygen atoms in total. The Morgan fingerprint density at radius 1 is 1.50 bits per heavy atom. The lowest BCUT2D eigenvalue weighted by Gasteiger charge is -2.22. The first-order chi connectivity index (χ1) is 8.03. The van der Waals surface area contributed by atoms with Crippen molar-refractivity contribution >= 4 is 22.4 Å². The molecule has 7 heteroatoms. The number of halogens is 1. The average molecular weight is 301 g/mol. The van der Waals surface area contributed by atoms with E-state index in [1.807, 2.05) is 0 Å². The zero-order valence-electron chi connectivity index (χ0n) is 11.1. The molecule has 1 rings (SSSR count). The second-order valence-corrected chi connectivity index (χ2v) is 6.57. The summed E-state index contributed by atoms with van der Waals surface area (Å²) in [6.07, 6.45) is 3.04. The molecule has 1 aliphatic rings. The molecule has 2 N–H and O–H groups in total. The Balaban J connectivity index is 0.00000289. The maximum absolute atomic E-state index is 11.6. The fourth-order valence-corrected chi connectivity index (χ4v) is 3.33. The van der Waals surface area contributed by atoms with Crippen LogP contribution in [0.3, 0.4) is 0 Å². The van der Waals surface area contributed by atoms with E-state index < -0.39 is 10.0 Å². The van der Waals surface area contributed by atoms with Crippen LogP contribution in [0, 0.1) is 5.92 Å². The molecule has 0 bridgehead atoms. The van der Waals surface area contributed by atoms with E-state index >= 15 is 0 Å². The van der Waals surface area contributed by atoms with Crippen molar-refractivity contribution in [3.63, 3.8) is 0 Å². The van der Waals surface area contributed by atoms with Crippen LogP contribution in [0.15, 0.2) is 0 Å². The largest absolute Gasteiger partial charge is 0.381 e. The standard InChI is InChI=1S/C11H24N2O3S.ClH/c1-10(16-2)9-17(14,15)13-7-5-11-4-3-6-12-8-11;/h10-13H,3-9H2,1-2H3;1H. The summed E-state index contributed by atoms with van der Waals surface area (Å²) in [4.78, 5) is 0. The van der Waals surface area contributed by atoms with Gasteiger partial charge in [0, 0.05) is 13.7 Å². The second-order valence-electron chi connectivity index (χ2n) is 4.72. The van der Waals surface area contributed by atoms with Crippen molar-refractivity contribution in [2.24, 2.45) is 5.92 Å². The van der Waals surface area contributed by atoms with Gasteiger partial charge in [-0.15, -0.1) is 12.4 Å². The minimum Gasteiger partial charge on any atom is -0.381 e. The number of methoxy groups -OCH3 is 1. The van der Waals surface area contributed by atoms with E-state index in [0.29, 0.717) is 12.5 Å². The van der Waals surface area contributed by atoms with Gasteiger partial charge in [-0.1, -0.05) is 0 Å². The molecule has 0 aliphatic carbocycles. The first kappa shape index (κ1) is 18.1. The zero-order chi connectivity index (χ0) is 12.7. The van der Waals surface area contributed by atoms with Crippen LogP contribution < -0.4 is 10.0 Å². The molecule has 1 heterocycles. The third-order valence-electron chi connectivity index (χ3n) is 3.13. The van der Waals surface area contributed by atoms with Gasteiger partial charge in [-0.3, -0.25) is 0 Å². The van der Waals surface area contributed by atoms with E-state index in [9.17, 15) is 8.42 Å². The van der Waals surface area contributed by atoms with Crippen LogP contribution in [0.1, 0.15) is 26.2 Å². The summed E-state index contributed by atoms with van der Waals surface area (Å²) in [6, 6.07) is 0.